The maximum absolute atomic E-state index is 5.77. The summed E-state index contributed by atoms with van der Waals surface area (Å²) >= 11 is 3.47. The van der Waals surface area contributed by atoms with Gasteiger partial charge >= 0.3 is 0 Å². The highest BCUT2D eigenvalue weighted by Gasteiger charge is 2.22. The van der Waals surface area contributed by atoms with Crippen molar-refractivity contribution in [2.24, 2.45) is 5.73 Å². The molecule has 0 atom stereocenters. The third kappa shape index (κ3) is 3.23. The van der Waals surface area contributed by atoms with Gasteiger partial charge in [-0.05, 0) is 47.3 Å². The van der Waals surface area contributed by atoms with Gasteiger partial charge in [-0.2, -0.15) is 0 Å². The van der Waals surface area contributed by atoms with Crippen LogP contribution in [0.3, 0.4) is 0 Å². The van der Waals surface area contributed by atoms with Crippen LogP contribution < -0.4 is 10.6 Å². The summed E-state index contributed by atoms with van der Waals surface area (Å²) in [6.07, 6.45) is 8.48. The van der Waals surface area contributed by atoms with E-state index in [0.29, 0.717) is 12.6 Å². The van der Waals surface area contributed by atoms with E-state index in [9.17, 15) is 0 Å². The fraction of sp³-hybridized carbons (Fsp3) is 0.643. The summed E-state index contributed by atoms with van der Waals surface area (Å²) in [5.41, 5.74) is 7.00. The third-order valence-corrected chi connectivity index (χ3v) is 4.11. The Labute approximate surface area is 118 Å². The van der Waals surface area contributed by atoms with Crippen LogP contribution in [-0.2, 0) is 0 Å². The summed E-state index contributed by atoms with van der Waals surface area (Å²) in [5.74, 6) is 1.11. The summed E-state index contributed by atoms with van der Waals surface area (Å²) < 4.78 is 1.04. The Kier molecular flexibility index (Phi) is 5.01. The number of anilines is 1. The molecule has 0 saturated heterocycles. The summed E-state index contributed by atoms with van der Waals surface area (Å²) in [7, 11) is 0. The maximum Gasteiger partial charge on any atom is 0.131 e. The lowest BCUT2D eigenvalue weighted by Crippen LogP contribution is -2.41. The molecular weight excluding hydrogens is 290 g/mol. The molecule has 100 valence electrons. The van der Waals surface area contributed by atoms with Gasteiger partial charge in [0, 0.05) is 29.8 Å². The molecule has 1 aromatic heterocycles. The monoisotopic (exact) mass is 311 g/mol. The number of hydrogen-bond acceptors (Lipinski definition) is 3. The van der Waals surface area contributed by atoms with Crippen LogP contribution in [-0.4, -0.2) is 24.1 Å². The second-order valence-corrected chi connectivity index (χ2v) is 5.98. The van der Waals surface area contributed by atoms with Crippen molar-refractivity contribution in [3.63, 3.8) is 0 Å². The number of halogens is 1. The summed E-state index contributed by atoms with van der Waals surface area (Å²) in [4.78, 5) is 7.01. The summed E-state index contributed by atoms with van der Waals surface area (Å²) in [6.45, 7) is 3.72. The van der Waals surface area contributed by atoms with E-state index in [2.05, 4.69) is 38.8 Å². The van der Waals surface area contributed by atoms with Crippen molar-refractivity contribution in [3.8, 4) is 0 Å². The minimum Gasteiger partial charge on any atom is -0.352 e. The smallest absolute Gasteiger partial charge is 0.131 e. The molecule has 0 aliphatic heterocycles. The van der Waals surface area contributed by atoms with Crippen LogP contribution in [0.2, 0.25) is 0 Å². The van der Waals surface area contributed by atoms with Crippen molar-refractivity contribution in [1.29, 1.82) is 0 Å². The number of aromatic nitrogens is 1. The van der Waals surface area contributed by atoms with Crippen LogP contribution in [0, 0.1) is 6.92 Å². The Balaban J connectivity index is 2.22. The van der Waals surface area contributed by atoms with Gasteiger partial charge in [-0.25, -0.2) is 4.98 Å². The number of nitrogens with two attached hydrogens (primary N) is 1. The minimum atomic E-state index is 0.620. The van der Waals surface area contributed by atoms with Gasteiger partial charge in [0.15, 0.2) is 0 Å². The molecule has 1 aliphatic rings. The second-order valence-electron chi connectivity index (χ2n) is 5.07. The molecule has 1 aliphatic carbocycles. The molecule has 1 fully saturated rings. The van der Waals surface area contributed by atoms with Gasteiger partial charge in [0.05, 0.1) is 0 Å². The first kappa shape index (κ1) is 13.8. The first-order valence-corrected chi connectivity index (χ1v) is 7.60. The van der Waals surface area contributed by atoms with Crippen LogP contribution >= 0.6 is 15.9 Å². The molecule has 1 heterocycles. The zero-order valence-corrected chi connectivity index (χ0v) is 12.6. The van der Waals surface area contributed by atoms with Gasteiger partial charge in [-0.3, -0.25) is 0 Å². The molecule has 0 radical (unpaired) electrons. The molecule has 0 spiro atoms. The highest BCUT2D eigenvalue weighted by atomic mass is 79.9. The van der Waals surface area contributed by atoms with E-state index in [-0.39, 0.29) is 0 Å². The van der Waals surface area contributed by atoms with E-state index in [1.54, 1.807) is 0 Å². The Morgan fingerprint density at radius 2 is 2.11 bits per heavy atom. The minimum absolute atomic E-state index is 0.620. The molecule has 0 aromatic carbocycles. The average Bonchev–Trinajstić information content (AvgIpc) is 2.38. The van der Waals surface area contributed by atoms with Crippen LogP contribution in [0.25, 0.3) is 0 Å². The predicted molar refractivity (Wildman–Crippen MR) is 79.9 cm³/mol. The SMILES string of the molecule is Cc1cc(Br)cnc1N(CCN)C1CCCCC1. The molecule has 1 aromatic rings. The van der Waals surface area contributed by atoms with Crippen molar-refractivity contribution >= 4 is 21.7 Å². The van der Waals surface area contributed by atoms with Crippen molar-refractivity contribution < 1.29 is 0 Å². The normalized spacial score (nSPS) is 16.8. The zero-order valence-electron chi connectivity index (χ0n) is 11.0. The lowest BCUT2D eigenvalue weighted by Gasteiger charge is -2.36. The van der Waals surface area contributed by atoms with E-state index in [0.717, 1.165) is 16.8 Å². The highest BCUT2D eigenvalue weighted by Crippen LogP contribution is 2.28. The Morgan fingerprint density at radius 1 is 1.39 bits per heavy atom. The molecule has 3 nitrogen and oxygen atoms in total. The quantitative estimate of drug-likeness (QED) is 0.928. The number of rotatable bonds is 4. The largest absolute Gasteiger partial charge is 0.352 e. The summed E-state index contributed by atoms with van der Waals surface area (Å²) in [5, 5.41) is 0. The molecule has 1 saturated carbocycles. The molecule has 2 rings (SSSR count). The lowest BCUT2D eigenvalue weighted by atomic mass is 9.94. The Morgan fingerprint density at radius 3 is 2.72 bits per heavy atom. The van der Waals surface area contributed by atoms with Crippen molar-refractivity contribution in [2.75, 3.05) is 18.0 Å². The number of hydrogen-bond donors (Lipinski definition) is 1. The molecule has 0 bridgehead atoms. The topological polar surface area (TPSA) is 42.2 Å². The van der Waals surface area contributed by atoms with Crippen LogP contribution in [0.1, 0.15) is 37.7 Å². The van der Waals surface area contributed by atoms with E-state index in [4.69, 9.17) is 5.73 Å². The predicted octanol–water partition coefficient (Wildman–Crippen LogP) is 3.25. The van der Waals surface area contributed by atoms with Gasteiger partial charge in [0.1, 0.15) is 5.82 Å². The van der Waals surface area contributed by atoms with Gasteiger partial charge in [0.2, 0.25) is 0 Å². The van der Waals surface area contributed by atoms with Crippen LogP contribution in [0.4, 0.5) is 5.82 Å². The fourth-order valence-corrected chi connectivity index (χ4v) is 3.27. The van der Waals surface area contributed by atoms with E-state index >= 15 is 0 Å². The molecule has 0 amide bonds. The van der Waals surface area contributed by atoms with Crippen molar-refractivity contribution in [2.45, 2.75) is 45.1 Å². The van der Waals surface area contributed by atoms with Crippen LogP contribution in [0.5, 0.6) is 0 Å². The molecular formula is C14H22BrN3. The van der Waals surface area contributed by atoms with Gasteiger partial charge in [-0.15, -0.1) is 0 Å². The molecule has 4 heteroatoms. The fourth-order valence-electron chi connectivity index (χ4n) is 2.83. The van der Waals surface area contributed by atoms with E-state index < -0.39 is 0 Å². The lowest BCUT2D eigenvalue weighted by molar-refractivity contribution is 0.414. The highest BCUT2D eigenvalue weighted by molar-refractivity contribution is 9.10. The van der Waals surface area contributed by atoms with E-state index in [1.807, 2.05) is 6.20 Å². The maximum atomic E-state index is 5.77. The number of pyridine rings is 1. The van der Waals surface area contributed by atoms with Gasteiger partial charge in [0.25, 0.3) is 0 Å². The number of aryl methyl sites for hydroxylation is 1. The first-order chi connectivity index (χ1) is 8.72. The van der Waals surface area contributed by atoms with E-state index in [1.165, 1.54) is 37.7 Å². The summed E-state index contributed by atoms with van der Waals surface area (Å²) in [6, 6.07) is 2.75. The Hall–Kier alpha value is -0.610. The standard InChI is InChI=1S/C14H22BrN3/c1-11-9-12(15)10-17-14(11)18(8-7-16)13-5-3-2-4-6-13/h9-10,13H,2-8,16H2,1H3. The average molecular weight is 312 g/mol. The Bertz CT molecular complexity index is 389. The zero-order chi connectivity index (χ0) is 13.0. The molecule has 0 unspecified atom stereocenters. The first-order valence-electron chi connectivity index (χ1n) is 6.81. The number of nitrogens with zero attached hydrogens (tertiary/aromatic N) is 2. The van der Waals surface area contributed by atoms with Crippen LogP contribution in [0.15, 0.2) is 16.7 Å². The molecule has 2 N–H and O–H groups in total. The molecule has 18 heavy (non-hydrogen) atoms. The van der Waals surface area contributed by atoms with Crippen molar-refractivity contribution in [1.82, 2.24) is 4.98 Å². The third-order valence-electron chi connectivity index (χ3n) is 3.67. The van der Waals surface area contributed by atoms with Crippen molar-refractivity contribution in [3.05, 3.63) is 22.3 Å². The second kappa shape index (κ2) is 6.53. The van der Waals surface area contributed by atoms with Gasteiger partial charge in [-0.1, -0.05) is 19.3 Å². The van der Waals surface area contributed by atoms with Gasteiger partial charge < -0.3 is 10.6 Å².